The van der Waals surface area contributed by atoms with Crippen LogP contribution in [0.15, 0.2) is 24.3 Å². The molecule has 0 fully saturated rings. The number of benzene rings is 1. The highest BCUT2D eigenvalue weighted by atomic mass is 19.1. The van der Waals surface area contributed by atoms with Crippen molar-refractivity contribution in [2.45, 2.75) is 6.92 Å². The van der Waals surface area contributed by atoms with E-state index in [4.69, 9.17) is 10.0 Å². The van der Waals surface area contributed by atoms with E-state index in [0.29, 0.717) is 0 Å². The fourth-order valence-corrected chi connectivity index (χ4v) is 1.24. The highest BCUT2D eigenvalue weighted by Gasteiger charge is 2.17. The molecule has 0 aliphatic carbocycles. The number of carbonyl (C=O) groups is 1. The van der Waals surface area contributed by atoms with Gasteiger partial charge in [-0.25, -0.2) is 9.18 Å². The number of hydrogen-bond acceptors (Lipinski definition) is 4. The monoisotopic (exact) mass is 238 g/mol. The molecular formula is C11H12BFO4. The smallest absolute Gasteiger partial charge is 0.463 e. The molecule has 1 aromatic carbocycles. The molecule has 0 saturated heterocycles. The first kappa shape index (κ1) is 13.4. The number of hydrogen-bond donors (Lipinski definition) is 2. The highest BCUT2D eigenvalue weighted by Crippen LogP contribution is 2.07. The van der Waals surface area contributed by atoms with Crippen LogP contribution in [0.2, 0.25) is 0 Å². The van der Waals surface area contributed by atoms with Gasteiger partial charge >= 0.3 is 13.1 Å². The molecule has 17 heavy (non-hydrogen) atoms. The largest absolute Gasteiger partial charge is 0.491 e. The zero-order valence-corrected chi connectivity index (χ0v) is 9.26. The molecule has 0 unspecified atom stereocenters. The fourth-order valence-electron chi connectivity index (χ4n) is 1.24. The normalized spacial score (nSPS) is 10.6. The summed E-state index contributed by atoms with van der Waals surface area (Å²) in [4.78, 5) is 11.0. The maximum absolute atomic E-state index is 13.6. The van der Waals surface area contributed by atoms with E-state index in [2.05, 4.69) is 4.74 Å². The van der Waals surface area contributed by atoms with Crippen molar-refractivity contribution in [1.82, 2.24) is 0 Å². The Morgan fingerprint density at radius 2 is 2.24 bits per heavy atom. The second kappa shape index (κ2) is 6.17. The number of carbonyl (C=O) groups excluding carboxylic acids is 1. The lowest BCUT2D eigenvalue weighted by molar-refractivity contribution is -0.137. The van der Waals surface area contributed by atoms with Crippen molar-refractivity contribution in [2.24, 2.45) is 0 Å². The minimum absolute atomic E-state index is 0.0867. The van der Waals surface area contributed by atoms with Gasteiger partial charge in [-0.1, -0.05) is 18.2 Å². The van der Waals surface area contributed by atoms with Crippen molar-refractivity contribution >= 4 is 24.6 Å². The Morgan fingerprint density at radius 1 is 1.53 bits per heavy atom. The van der Waals surface area contributed by atoms with Gasteiger partial charge in [0.15, 0.2) is 0 Å². The van der Waals surface area contributed by atoms with E-state index in [-0.39, 0.29) is 17.6 Å². The standard InChI is InChI=1S/C11H12BFO4/c1-2-17-10(14)7-6-8-4-3-5-9(11(8)13)12(15)16/h3-7,15-16H,2H2,1H3. The van der Waals surface area contributed by atoms with E-state index >= 15 is 0 Å². The zero-order valence-electron chi connectivity index (χ0n) is 9.26. The molecule has 1 rings (SSSR count). The summed E-state index contributed by atoms with van der Waals surface area (Å²) in [5, 5.41) is 17.8. The molecule has 0 heterocycles. The van der Waals surface area contributed by atoms with E-state index in [1.807, 2.05) is 0 Å². The minimum Gasteiger partial charge on any atom is -0.463 e. The molecule has 4 nitrogen and oxygen atoms in total. The number of esters is 1. The predicted molar refractivity (Wildman–Crippen MR) is 61.9 cm³/mol. The van der Waals surface area contributed by atoms with E-state index in [0.717, 1.165) is 6.08 Å². The van der Waals surface area contributed by atoms with Crippen molar-refractivity contribution in [3.8, 4) is 0 Å². The van der Waals surface area contributed by atoms with Crippen LogP contribution in [0.3, 0.4) is 0 Å². The minimum atomic E-state index is -1.88. The molecule has 0 saturated carbocycles. The Bertz CT molecular complexity index is 431. The number of rotatable bonds is 4. The van der Waals surface area contributed by atoms with Gasteiger partial charge in [0, 0.05) is 17.1 Å². The summed E-state index contributed by atoms with van der Waals surface area (Å²) in [6.45, 7) is 1.90. The van der Waals surface area contributed by atoms with Crippen molar-refractivity contribution in [2.75, 3.05) is 6.61 Å². The Balaban J connectivity index is 2.92. The summed E-state index contributed by atoms with van der Waals surface area (Å²) in [5.74, 6) is -1.36. The third kappa shape index (κ3) is 3.69. The second-order valence-corrected chi connectivity index (χ2v) is 3.21. The highest BCUT2D eigenvalue weighted by molar-refractivity contribution is 6.58. The summed E-state index contributed by atoms with van der Waals surface area (Å²) in [7, 11) is -1.88. The first-order chi connectivity index (χ1) is 8.06. The Labute approximate surface area is 98.5 Å². The van der Waals surface area contributed by atoms with E-state index in [1.54, 1.807) is 6.92 Å². The maximum Gasteiger partial charge on any atom is 0.491 e. The average molecular weight is 238 g/mol. The molecule has 1 aromatic rings. The average Bonchev–Trinajstić information content (AvgIpc) is 2.27. The van der Waals surface area contributed by atoms with Crippen LogP contribution in [0.25, 0.3) is 6.08 Å². The number of ether oxygens (including phenoxy) is 1. The van der Waals surface area contributed by atoms with Crippen molar-refractivity contribution in [3.63, 3.8) is 0 Å². The Kier molecular flexibility index (Phi) is 4.87. The van der Waals surface area contributed by atoms with Gasteiger partial charge in [-0.2, -0.15) is 0 Å². The van der Waals surface area contributed by atoms with Crippen molar-refractivity contribution in [3.05, 3.63) is 35.7 Å². The van der Waals surface area contributed by atoms with Gasteiger partial charge in [0.25, 0.3) is 0 Å². The van der Waals surface area contributed by atoms with Crippen LogP contribution in [-0.2, 0) is 9.53 Å². The molecule has 0 radical (unpaired) electrons. The molecule has 6 heteroatoms. The van der Waals surface area contributed by atoms with E-state index in [1.165, 1.54) is 24.3 Å². The van der Waals surface area contributed by atoms with Crippen LogP contribution in [0.4, 0.5) is 4.39 Å². The summed E-state index contributed by atoms with van der Waals surface area (Å²) < 4.78 is 18.3. The van der Waals surface area contributed by atoms with Crippen LogP contribution in [0, 0.1) is 5.82 Å². The Morgan fingerprint density at radius 3 is 2.82 bits per heavy atom. The van der Waals surface area contributed by atoms with Gasteiger partial charge in [0.05, 0.1) is 6.61 Å². The molecule has 0 aliphatic heterocycles. The van der Waals surface area contributed by atoms with Gasteiger partial charge in [-0.15, -0.1) is 0 Å². The molecule has 0 atom stereocenters. The fraction of sp³-hybridized carbons (Fsp3) is 0.182. The van der Waals surface area contributed by atoms with Crippen LogP contribution in [-0.4, -0.2) is 29.7 Å². The third-order valence-electron chi connectivity index (χ3n) is 2.02. The molecule has 2 N–H and O–H groups in total. The molecular weight excluding hydrogens is 226 g/mol. The summed E-state index contributed by atoms with van der Waals surface area (Å²) in [5.41, 5.74) is -0.153. The van der Waals surface area contributed by atoms with Gasteiger partial charge in [0.2, 0.25) is 0 Å². The lowest BCUT2D eigenvalue weighted by Gasteiger charge is -2.04. The first-order valence-electron chi connectivity index (χ1n) is 5.05. The lowest BCUT2D eigenvalue weighted by Crippen LogP contribution is -2.33. The maximum atomic E-state index is 13.6. The van der Waals surface area contributed by atoms with Crippen LogP contribution in [0.5, 0.6) is 0 Å². The summed E-state index contributed by atoms with van der Waals surface area (Å²) in [6, 6.07) is 4.13. The molecule has 0 bridgehead atoms. The summed E-state index contributed by atoms with van der Waals surface area (Å²) in [6.07, 6.45) is 2.30. The molecule has 0 amide bonds. The van der Waals surface area contributed by atoms with E-state index in [9.17, 15) is 9.18 Å². The molecule has 0 aliphatic rings. The van der Waals surface area contributed by atoms with Crippen molar-refractivity contribution < 1.29 is 24.0 Å². The van der Waals surface area contributed by atoms with Crippen LogP contribution in [0.1, 0.15) is 12.5 Å². The second-order valence-electron chi connectivity index (χ2n) is 3.21. The number of halogens is 1. The predicted octanol–water partition coefficient (Wildman–Crippen LogP) is 0.0818. The SMILES string of the molecule is CCOC(=O)C=Cc1cccc(B(O)O)c1F. The van der Waals surface area contributed by atoms with Gasteiger partial charge in [0.1, 0.15) is 5.82 Å². The topological polar surface area (TPSA) is 66.8 Å². The van der Waals surface area contributed by atoms with Gasteiger partial charge in [-0.3, -0.25) is 0 Å². The Hall–Kier alpha value is -1.66. The van der Waals surface area contributed by atoms with Crippen LogP contribution >= 0.6 is 0 Å². The van der Waals surface area contributed by atoms with Gasteiger partial charge in [-0.05, 0) is 13.0 Å². The summed E-state index contributed by atoms with van der Waals surface area (Å²) >= 11 is 0. The quantitative estimate of drug-likeness (QED) is 0.443. The van der Waals surface area contributed by atoms with Crippen molar-refractivity contribution in [1.29, 1.82) is 0 Å². The lowest BCUT2D eigenvalue weighted by atomic mass is 9.79. The zero-order chi connectivity index (χ0) is 12.8. The van der Waals surface area contributed by atoms with Crippen LogP contribution < -0.4 is 5.46 Å². The van der Waals surface area contributed by atoms with Gasteiger partial charge < -0.3 is 14.8 Å². The molecule has 90 valence electrons. The molecule has 0 aromatic heterocycles. The first-order valence-corrected chi connectivity index (χ1v) is 5.05. The third-order valence-corrected chi connectivity index (χ3v) is 2.02. The molecule has 0 spiro atoms. The van der Waals surface area contributed by atoms with E-state index < -0.39 is 18.9 Å².